The number of hydrogen-bond acceptors (Lipinski definition) is 3. The molecule has 1 aliphatic heterocycles. The van der Waals surface area contributed by atoms with Gasteiger partial charge in [0.25, 0.3) is 0 Å². The van der Waals surface area contributed by atoms with Crippen LogP contribution in [0.2, 0.25) is 5.02 Å². The van der Waals surface area contributed by atoms with Gasteiger partial charge in [0.15, 0.2) is 0 Å². The fourth-order valence-electron chi connectivity index (χ4n) is 2.93. The second-order valence-corrected chi connectivity index (χ2v) is 6.12. The maximum atomic E-state index is 12.4. The predicted molar refractivity (Wildman–Crippen MR) is 91.8 cm³/mol. The highest BCUT2D eigenvalue weighted by Crippen LogP contribution is 2.26. The maximum Gasteiger partial charge on any atom is 0.223 e. The van der Waals surface area contributed by atoms with Crippen LogP contribution in [0.25, 0.3) is 0 Å². The van der Waals surface area contributed by atoms with Crippen molar-refractivity contribution in [1.82, 2.24) is 14.9 Å². The Hall–Kier alpha value is -2.01. The number of rotatable bonds is 4. The largest absolute Gasteiger partial charge is 0.368 e. The lowest BCUT2D eigenvalue weighted by molar-refractivity contribution is -0.130. The van der Waals surface area contributed by atoms with E-state index in [9.17, 15) is 4.79 Å². The summed E-state index contributed by atoms with van der Waals surface area (Å²) in [5.41, 5.74) is 1.05. The van der Waals surface area contributed by atoms with Crippen molar-refractivity contribution in [2.75, 3.05) is 31.1 Å². The summed E-state index contributed by atoms with van der Waals surface area (Å²) in [6.07, 6.45) is 5.62. The molecule has 1 aliphatic rings. The lowest BCUT2D eigenvalue weighted by Crippen LogP contribution is -2.35. The van der Waals surface area contributed by atoms with Gasteiger partial charge in [-0.05, 0) is 18.6 Å². The van der Waals surface area contributed by atoms with Gasteiger partial charge in [0.1, 0.15) is 5.82 Å². The molecule has 1 saturated heterocycles. The number of aromatic amines is 1. The number of halogens is 1. The van der Waals surface area contributed by atoms with Crippen molar-refractivity contribution in [3.63, 3.8) is 0 Å². The lowest BCUT2D eigenvalue weighted by Gasteiger charge is -2.24. The minimum absolute atomic E-state index is 0.197. The van der Waals surface area contributed by atoms with Crippen LogP contribution < -0.4 is 4.90 Å². The molecule has 1 aromatic heterocycles. The number of hydrogen-bond donors (Lipinski definition) is 1. The third-order valence-electron chi connectivity index (χ3n) is 4.17. The highest BCUT2D eigenvalue weighted by atomic mass is 35.5. The van der Waals surface area contributed by atoms with Gasteiger partial charge in [0.05, 0.1) is 10.7 Å². The molecular weight excluding hydrogens is 312 g/mol. The first-order valence-electron chi connectivity index (χ1n) is 7.99. The van der Waals surface area contributed by atoms with Gasteiger partial charge >= 0.3 is 0 Å². The Kier molecular flexibility index (Phi) is 5.18. The zero-order valence-corrected chi connectivity index (χ0v) is 13.8. The summed E-state index contributed by atoms with van der Waals surface area (Å²) in [5, 5.41) is 0.769. The van der Waals surface area contributed by atoms with E-state index in [1.165, 1.54) is 0 Å². The van der Waals surface area contributed by atoms with Gasteiger partial charge in [-0.3, -0.25) is 4.79 Å². The Labute approximate surface area is 141 Å². The summed E-state index contributed by atoms with van der Waals surface area (Å²) in [5.74, 6) is 1.06. The fraction of sp³-hybridized carbons (Fsp3) is 0.412. The van der Waals surface area contributed by atoms with Crippen LogP contribution >= 0.6 is 11.6 Å². The molecule has 0 aliphatic carbocycles. The Morgan fingerprint density at radius 1 is 1.22 bits per heavy atom. The average molecular weight is 333 g/mol. The molecule has 1 fully saturated rings. The van der Waals surface area contributed by atoms with E-state index in [0.717, 1.165) is 49.1 Å². The molecule has 23 heavy (non-hydrogen) atoms. The normalized spacial score (nSPS) is 15.5. The van der Waals surface area contributed by atoms with Crippen molar-refractivity contribution in [3.05, 3.63) is 47.5 Å². The number of carbonyl (C=O) groups is 1. The van der Waals surface area contributed by atoms with Crippen molar-refractivity contribution in [2.45, 2.75) is 19.3 Å². The van der Waals surface area contributed by atoms with E-state index in [0.29, 0.717) is 12.8 Å². The zero-order chi connectivity index (χ0) is 16.1. The van der Waals surface area contributed by atoms with Crippen LogP contribution in [-0.4, -0.2) is 47.0 Å². The second kappa shape index (κ2) is 7.51. The van der Waals surface area contributed by atoms with Crippen LogP contribution in [0.3, 0.4) is 0 Å². The number of anilines is 1. The third kappa shape index (κ3) is 4.05. The van der Waals surface area contributed by atoms with Crippen molar-refractivity contribution < 1.29 is 4.79 Å². The quantitative estimate of drug-likeness (QED) is 0.936. The molecule has 1 amide bonds. The highest BCUT2D eigenvalue weighted by Gasteiger charge is 2.20. The van der Waals surface area contributed by atoms with E-state index in [2.05, 4.69) is 14.9 Å². The molecule has 0 saturated carbocycles. The van der Waals surface area contributed by atoms with Crippen molar-refractivity contribution in [2.24, 2.45) is 0 Å². The van der Waals surface area contributed by atoms with Crippen molar-refractivity contribution in [3.8, 4) is 0 Å². The summed E-state index contributed by atoms with van der Waals surface area (Å²) in [4.78, 5) is 23.8. The molecule has 2 aromatic rings. The number of para-hydroxylation sites is 1. The van der Waals surface area contributed by atoms with Crippen LogP contribution in [0.5, 0.6) is 0 Å². The van der Waals surface area contributed by atoms with Crippen LogP contribution in [-0.2, 0) is 11.2 Å². The monoisotopic (exact) mass is 332 g/mol. The number of nitrogens with one attached hydrogen (secondary N) is 1. The van der Waals surface area contributed by atoms with E-state index in [1.54, 1.807) is 12.4 Å². The summed E-state index contributed by atoms with van der Waals surface area (Å²) in [6, 6.07) is 7.89. The van der Waals surface area contributed by atoms with E-state index >= 15 is 0 Å². The van der Waals surface area contributed by atoms with Gasteiger partial charge in [0, 0.05) is 51.4 Å². The maximum absolute atomic E-state index is 12.4. The number of nitrogens with zero attached hydrogens (tertiary/aromatic N) is 3. The van der Waals surface area contributed by atoms with Crippen LogP contribution in [0.1, 0.15) is 18.7 Å². The fourth-order valence-corrected chi connectivity index (χ4v) is 3.19. The number of amides is 1. The topological polar surface area (TPSA) is 52.2 Å². The standard InChI is InChI=1S/C17H21ClN4O/c18-14-4-1-2-5-15(14)21-10-3-11-22(13-12-21)17(23)7-6-16-19-8-9-20-16/h1-2,4-5,8-9H,3,6-7,10-13H2,(H,19,20). The minimum atomic E-state index is 0.197. The lowest BCUT2D eigenvalue weighted by atomic mass is 10.2. The van der Waals surface area contributed by atoms with Gasteiger partial charge in [-0.2, -0.15) is 0 Å². The van der Waals surface area contributed by atoms with Crippen molar-refractivity contribution >= 4 is 23.2 Å². The summed E-state index contributed by atoms with van der Waals surface area (Å²) >= 11 is 6.28. The van der Waals surface area contributed by atoms with E-state index in [4.69, 9.17) is 11.6 Å². The Morgan fingerprint density at radius 3 is 2.87 bits per heavy atom. The Bertz CT molecular complexity index is 644. The SMILES string of the molecule is O=C(CCc1ncc[nH]1)N1CCCN(c2ccccc2Cl)CC1. The van der Waals surface area contributed by atoms with Gasteiger partial charge in [-0.25, -0.2) is 4.98 Å². The third-order valence-corrected chi connectivity index (χ3v) is 4.49. The molecule has 122 valence electrons. The van der Waals surface area contributed by atoms with E-state index in [-0.39, 0.29) is 5.91 Å². The van der Waals surface area contributed by atoms with E-state index in [1.807, 2.05) is 29.2 Å². The molecule has 0 bridgehead atoms. The molecule has 1 aromatic carbocycles. The first kappa shape index (κ1) is 15.9. The minimum Gasteiger partial charge on any atom is -0.368 e. The molecule has 5 nitrogen and oxygen atoms in total. The van der Waals surface area contributed by atoms with Crippen molar-refractivity contribution in [1.29, 1.82) is 0 Å². The number of carbonyl (C=O) groups excluding carboxylic acids is 1. The molecule has 0 unspecified atom stereocenters. The smallest absolute Gasteiger partial charge is 0.223 e. The van der Waals surface area contributed by atoms with Gasteiger partial charge in [0.2, 0.25) is 5.91 Å². The second-order valence-electron chi connectivity index (χ2n) is 5.71. The molecule has 0 radical (unpaired) electrons. The molecule has 2 heterocycles. The highest BCUT2D eigenvalue weighted by molar-refractivity contribution is 6.33. The molecule has 0 spiro atoms. The molecular formula is C17H21ClN4O. The number of aryl methyl sites for hydroxylation is 1. The van der Waals surface area contributed by atoms with Crippen LogP contribution in [0.15, 0.2) is 36.7 Å². The summed E-state index contributed by atoms with van der Waals surface area (Å²) < 4.78 is 0. The first-order chi connectivity index (χ1) is 11.2. The number of H-pyrrole nitrogens is 1. The number of imidazole rings is 1. The van der Waals surface area contributed by atoms with Crippen LogP contribution in [0, 0.1) is 0 Å². The number of benzene rings is 1. The summed E-state index contributed by atoms with van der Waals surface area (Å²) in [7, 11) is 0. The van der Waals surface area contributed by atoms with E-state index < -0.39 is 0 Å². The molecule has 0 atom stereocenters. The molecule has 6 heteroatoms. The number of aromatic nitrogens is 2. The molecule has 3 rings (SSSR count). The van der Waals surface area contributed by atoms with Gasteiger partial charge < -0.3 is 14.8 Å². The zero-order valence-electron chi connectivity index (χ0n) is 13.0. The molecule has 1 N–H and O–H groups in total. The Morgan fingerprint density at radius 2 is 2.09 bits per heavy atom. The van der Waals surface area contributed by atoms with Gasteiger partial charge in [-0.15, -0.1) is 0 Å². The Balaban J connectivity index is 1.55. The average Bonchev–Trinajstić information content (AvgIpc) is 2.96. The first-order valence-corrected chi connectivity index (χ1v) is 8.37. The predicted octanol–water partition coefficient (Wildman–Crippen LogP) is 2.73. The summed E-state index contributed by atoms with van der Waals surface area (Å²) in [6.45, 7) is 3.28. The van der Waals surface area contributed by atoms with Crippen LogP contribution in [0.4, 0.5) is 5.69 Å². The van der Waals surface area contributed by atoms with Gasteiger partial charge in [-0.1, -0.05) is 23.7 Å².